The van der Waals surface area contributed by atoms with Crippen LogP contribution in [0.3, 0.4) is 0 Å². The number of ether oxygens (including phenoxy) is 2. The van der Waals surface area contributed by atoms with Crippen LogP contribution in [0.25, 0.3) is 0 Å². The van der Waals surface area contributed by atoms with Gasteiger partial charge in [0, 0.05) is 50.1 Å². The van der Waals surface area contributed by atoms with Crippen molar-refractivity contribution in [1.82, 2.24) is 9.80 Å². The summed E-state index contributed by atoms with van der Waals surface area (Å²) in [6.07, 6.45) is 1.91. The number of amides is 3. The maximum absolute atomic E-state index is 12.8. The molecule has 1 aromatic rings. The largest absolute Gasteiger partial charge is 0.450 e. The van der Waals surface area contributed by atoms with E-state index >= 15 is 0 Å². The lowest BCUT2D eigenvalue weighted by Crippen LogP contribution is -2.50. The third kappa shape index (κ3) is 6.59. The van der Waals surface area contributed by atoms with E-state index in [1.807, 2.05) is 4.90 Å². The highest BCUT2D eigenvalue weighted by Crippen LogP contribution is 2.20. The zero-order valence-electron chi connectivity index (χ0n) is 15.9. The van der Waals surface area contributed by atoms with E-state index in [2.05, 4.69) is 5.32 Å². The van der Waals surface area contributed by atoms with Gasteiger partial charge in [-0.05, 0) is 50.5 Å². The minimum Gasteiger partial charge on any atom is -0.450 e. The molecule has 0 atom stereocenters. The van der Waals surface area contributed by atoms with Crippen molar-refractivity contribution in [3.63, 3.8) is 0 Å². The van der Waals surface area contributed by atoms with Crippen molar-refractivity contribution >= 4 is 29.4 Å². The normalized spacial score (nSPS) is 14.7. The molecule has 1 aromatic carbocycles. The second-order valence-corrected chi connectivity index (χ2v) is 6.83. The summed E-state index contributed by atoms with van der Waals surface area (Å²) >= 11 is 5.90. The Kier molecular flexibility index (Phi) is 8.67. The van der Waals surface area contributed by atoms with Gasteiger partial charge in [-0.25, -0.2) is 9.59 Å². The second-order valence-electron chi connectivity index (χ2n) is 6.39. The third-order valence-electron chi connectivity index (χ3n) is 4.54. The monoisotopic (exact) mass is 397 g/mol. The highest BCUT2D eigenvalue weighted by Gasteiger charge is 2.30. The van der Waals surface area contributed by atoms with Crippen LogP contribution in [0, 0.1) is 0 Å². The molecule has 1 N–H and O–H groups in total. The molecule has 0 aromatic heterocycles. The van der Waals surface area contributed by atoms with Gasteiger partial charge in [0.05, 0.1) is 6.61 Å². The predicted octanol–water partition coefficient (Wildman–Crippen LogP) is 3.83. The molecule has 0 bridgehead atoms. The number of nitrogens with zero attached hydrogens (tertiary/aromatic N) is 2. The molecular weight excluding hydrogens is 370 g/mol. The van der Waals surface area contributed by atoms with Crippen LogP contribution >= 0.6 is 11.6 Å². The van der Waals surface area contributed by atoms with E-state index in [-0.39, 0.29) is 18.2 Å². The SMILES string of the molecule is CCOC(=O)N1CCC(N(CCCOC)C(=O)Nc2ccc(Cl)cc2)CC1. The number of hydrogen-bond donors (Lipinski definition) is 1. The van der Waals surface area contributed by atoms with Gasteiger partial charge in [0.1, 0.15) is 0 Å². The van der Waals surface area contributed by atoms with Crippen LogP contribution in [0.2, 0.25) is 5.02 Å². The summed E-state index contributed by atoms with van der Waals surface area (Å²) in [6.45, 7) is 4.51. The molecule has 8 heteroatoms. The Labute approximate surface area is 165 Å². The zero-order chi connectivity index (χ0) is 19.6. The lowest BCUT2D eigenvalue weighted by Gasteiger charge is -2.38. The van der Waals surface area contributed by atoms with E-state index in [4.69, 9.17) is 21.1 Å². The molecule has 1 aliphatic heterocycles. The van der Waals surface area contributed by atoms with Gasteiger partial charge in [-0.15, -0.1) is 0 Å². The molecule has 1 fully saturated rings. The molecule has 0 spiro atoms. The first-order chi connectivity index (χ1) is 13.0. The van der Waals surface area contributed by atoms with Crippen molar-refractivity contribution in [3.05, 3.63) is 29.3 Å². The number of urea groups is 1. The molecule has 1 saturated heterocycles. The number of carbonyl (C=O) groups is 2. The maximum atomic E-state index is 12.8. The second kappa shape index (κ2) is 11.0. The molecule has 0 aliphatic carbocycles. The predicted molar refractivity (Wildman–Crippen MR) is 105 cm³/mol. The number of benzene rings is 1. The van der Waals surface area contributed by atoms with E-state index in [0.717, 1.165) is 19.3 Å². The molecule has 7 nitrogen and oxygen atoms in total. The number of rotatable bonds is 7. The lowest BCUT2D eigenvalue weighted by atomic mass is 10.0. The summed E-state index contributed by atoms with van der Waals surface area (Å²) < 4.78 is 10.2. The Morgan fingerprint density at radius 1 is 1.26 bits per heavy atom. The van der Waals surface area contributed by atoms with Crippen LogP contribution in [-0.2, 0) is 9.47 Å². The van der Waals surface area contributed by atoms with Crippen LogP contribution in [0.15, 0.2) is 24.3 Å². The minimum atomic E-state index is -0.285. The standard InChI is InChI=1S/C19H28ClN3O4/c1-3-27-19(25)22-12-9-17(10-13-22)23(11-4-14-26-2)18(24)21-16-7-5-15(20)6-8-16/h5-8,17H,3-4,9-14H2,1-2H3,(H,21,24). The van der Waals surface area contributed by atoms with Gasteiger partial charge in [0.25, 0.3) is 0 Å². The van der Waals surface area contributed by atoms with Crippen molar-refractivity contribution in [2.45, 2.75) is 32.2 Å². The Bertz CT molecular complexity index is 603. The molecule has 1 heterocycles. The topological polar surface area (TPSA) is 71.1 Å². The summed E-state index contributed by atoms with van der Waals surface area (Å²) in [5.74, 6) is 0. The molecular formula is C19H28ClN3O4. The Morgan fingerprint density at radius 2 is 1.93 bits per heavy atom. The number of likely N-dealkylation sites (tertiary alicyclic amines) is 1. The highest BCUT2D eigenvalue weighted by molar-refractivity contribution is 6.30. The van der Waals surface area contributed by atoms with Gasteiger partial charge in [-0.1, -0.05) is 11.6 Å². The average Bonchev–Trinajstić information content (AvgIpc) is 2.67. The van der Waals surface area contributed by atoms with Gasteiger partial charge in [-0.3, -0.25) is 0 Å². The molecule has 27 heavy (non-hydrogen) atoms. The molecule has 0 unspecified atom stereocenters. The summed E-state index contributed by atoms with van der Waals surface area (Å²) in [5, 5.41) is 3.55. The van der Waals surface area contributed by atoms with Crippen LogP contribution < -0.4 is 5.32 Å². The number of halogens is 1. The van der Waals surface area contributed by atoms with Gasteiger partial charge in [0.15, 0.2) is 0 Å². The molecule has 0 saturated carbocycles. The summed E-state index contributed by atoms with van der Waals surface area (Å²) in [7, 11) is 1.65. The van der Waals surface area contributed by atoms with Crippen molar-refractivity contribution in [2.24, 2.45) is 0 Å². The Balaban J connectivity index is 1.97. The number of piperidine rings is 1. The van der Waals surface area contributed by atoms with Gasteiger partial charge >= 0.3 is 12.1 Å². The first-order valence-corrected chi connectivity index (χ1v) is 9.66. The van der Waals surface area contributed by atoms with Crippen molar-refractivity contribution in [3.8, 4) is 0 Å². The number of hydrogen-bond acceptors (Lipinski definition) is 4. The summed E-state index contributed by atoms with van der Waals surface area (Å²) in [4.78, 5) is 28.3. The first kappa shape index (κ1) is 21.3. The van der Waals surface area contributed by atoms with Crippen molar-refractivity contribution in [1.29, 1.82) is 0 Å². The van der Waals surface area contributed by atoms with Gasteiger partial charge in [-0.2, -0.15) is 0 Å². The summed E-state index contributed by atoms with van der Waals surface area (Å²) in [6, 6.07) is 6.95. The third-order valence-corrected chi connectivity index (χ3v) is 4.79. The minimum absolute atomic E-state index is 0.0693. The fourth-order valence-corrected chi connectivity index (χ4v) is 3.26. The molecule has 0 radical (unpaired) electrons. The quantitative estimate of drug-likeness (QED) is 0.710. The first-order valence-electron chi connectivity index (χ1n) is 9.29. The maximum Gasteiger partial charge on any atom is 0.409 e. The lowest BCUT2D eigenvalue weighted by molar-refractivity contribution is 0.0809. The summed E-state index contributed by atoms with van der Waals surface area (Å²) in [5.41, 5.74) is 0.699. The van der Waals surface area contributed by atoms with Crippen LogP contribution in [0.5, 0.6) is 0 Å². The van der Waals surface area contributed by atoms with E-state index in [1.165, 1.54) is 0 Å². The molecule has 2 rings (SSSR count). The molecule has 3 amide bonds. The van der Waals surface area contributed by atoms with Crippen molar-refractivity contribution < 1.29 is 19.1 Å². The van der Waals surface area contributed by atoms with E-state index < -0.39 is 0 Å². The Hall–Kier alpha value is -1.99. The van der Waals surface area contributed by atoms with Crippen molar-refractivity contribution in [2.75, 3.05) is 45.3 Å². The average molecular weight is 398 g/mol. The smallest absolute Gasteiger partial charge is 0.409 e. The van der Waals surface area contributed by atoms with E-state index in [9.17, 15) is 9.59 Å². The number of anilines is 1. The van der Waals surface area contributed by atoms with E-state index in [0.29, 0.717) is 43.6 Å². The van der Waals surface area contributed by atoms with Gasteiger partial charge in [0.2, 0.25) is 0 Å². The highest BCUT2D eigenvalue weighted by atomic mass is 35.5. The van der Waals surface area contributed by atoms with E-state index in [1.54, 1.807) is 43.2 Å². The Morgan fingerprint density at radius 3 is 2.52 bits per heavy atom. The number of methoxy groups -OCH3 is 1. The van der Waals surface area contributed by atoms with Crippen LogP contribution in [0.1, 0.15) is 26.2 Å². The van der Waals surface area contributed by atoms with Crippen LogP contribution in [-0.4, -0.2) is 67.9 Å². The molecule has 1 aliphatic rings. The molecule has 150 valence electrons. The fraction of sp³-hybridized carbons (Fsp3) is 0.579. The van der Waals surface area contributed by atoms with Crippen LogP contribution in [0.4, 0.5) is 15.3 Å². The number of carbonyl (C=O) groups excluding carboxylic acids is 2. The van der Waals surface area contributed by atoms with Gasteiger partial charge < -0.3 is 24.6 Å². The fourth-order valence-electron chi connectivity index (χ4n) is 3.13. The zero-order valence-corrected chi connectivity index (χ0v) is 16.7. The number of nitrogens with one attached hydrogen (secondary N) is 1.